The van der Waals surface area contributed by atoms with Crippen molar-refractivity contribution in [2.24, 2.45) is 0 Å². The van der Waals surface area contributed by atoms with Gasteiger partial charge in [-0.25, -0.2) is 14.1 Å². The predicted octanol–water partition coefficient (Wildman–Crippen LogP) is 2.25. The number of nitrogens with zero attached hydrogens (tertiary/aromatic N) is 7. The molecule has 11 nitrogen and oxygen atoms in total. The molecular formula is C29H33FN8O3. The lowest BCUT2D eigenvalue weighted by atomic mass is 10.1. The van der Waals surface area contributed by atoms with Crippen molar-refractivity contribution in [2.45, 2.75) is 6.54 Å². The summed E-state index contributed by atoms with van der Waals surface area (Å²) in [6.45, 7) is 5.84. The van der Waals surface area contributed by atoms with Crippen molar-refractivity contribution in [3.05, 3.63) is 59.9 Å². The van der Waals surface area contributed by atoms with E-state index >= 15 is 4.39 Å². The molecule has 2 aliphatic heterocycles. The fraction of sp³-hybridized carbons (Fsp3) is 0.379. The first-order valence-electron chi connectivity index (χ1n) is 13.7. The molecule has 2 saturated heterocycles. The molecule has 0 radical (unpaired) electrons. The predicted molar refractivity (Wildman–Crippen MR) is 153 cm³/mol. The molecular weight excluding hydrogens is 527 g/mol. The highest BCUT2D eigenvalue weighted by atomic mass is 19.1. The molecule has 0 bridgehead atoms. The van der Waals surface area contributed by atoms with E-state index in [-0.39, 0.29) is 5.91 Å². The van der Waals surface area contributed by atoms with Gasteiger partial charge < -0.3 is 25.0 Å². The molecule has 2 aliphatic rings. The molecule has 0 aliphatic carbocycles. The number of hydrogen-bond donors (Lipinski definition) is 1. The number of hydrogen-bond acceptors (Lipinski definition) is 9. The van der Waals surface area contributed by atoms with Crippen molar-refractivity contribution in [1.29, 1.82) is 0 Å². The number of methoxy groups -OCH3 is 1. The van der Waals surface area contributed by atoms with Gasteiger partial charge in [0, 0.05) is 50.9 Å². The van der Waals surface area contributed by atoms with Crippen LogP contribution in [-0.2, 0) is 16.1 Å². The zero-order chi connectivity index (χ0) is 28.3. The number of nitrogen functional groups attached to an aromatic ring is 1. The van der Waals surface area contributed by atoms with Crippen LogP contribution in [0.15, 0.2) is 48.5 Å². The van der Waals surface area contributed by atoms with Crippen LogP contribution in [-0.4, -0.2) is 102 Å². The summed E-state index contributed by atoms with van der Waals surface area (Å²) in [5, 5.41) is 5.22. The molecule has 6 rings (SSSR count). The Balaban J connectivity index is 1.30. The molecule has 4 heterocycles. The van der Waals surface area contributed by atoms with Gasteiger partial charge in [0.2, 0.25) is 11.9 Å². The Bertz CT molecular complexity index is 1530. The van der Waals surface area contributed by atoms with E-state index in [9.17, 15) is 4.79 Å². The molecule has 2 fully saturated rings. The summed E-state index contributed by atoms with van der Waals surface area (Å²) < 4.78 is 27.6. The smallest absolute Gasteiger partial charge is 0.236 e. The maximum absolute atomic E-state index is 15.4. The van der Waals surface area contributed by atoms with Gasteiger partial charge in [0.15, 0.2) is 5.65 Å². The molecule has 0 unspecified atom stereocenters. The summed E-state index contributed by atoms with van der Waals surface area (Å²) in [7, 11) is 1.50. The SMILES string of the molecule is COc1ccc(-c2nc(N3CCN(CC(=O)N4CCOCC4)CC3)nc3nn(Cc4ccccc4)c(N)c23)c(F)c1. The van der Waals surface area contributed by atoms with Crippen LogP contribution >= 0.6 is 0 Å². The van der Waals surface area contributed by atoms with Gasteiger partial charge in [0.1, 0.15) is 17.4 Å². The van der Waals surface area contributed by atoms with Crippen molar-refractivity contribution < 1.29 is 18.7 Å². The highest BCUT2D eigenvalue weighted by molar-refractivity contribution is 5.99. The third-order valence-electron chi connectivity index (χ3n) is 7.61. The number of rotatable bonds is 7. The van der Waals surface area contributed by atoms with Crippen LogP contribution in [0.1, 0.15) is 5.56 Å². The number of morpholine rings is 1. The first-order valence-corrected chi connectivity index (χ1v) is 13.7. The summed E-state index contributed by atoms with van der Waals surface area (Å²) in [4.78, 5) is 28.4. The second-order valence-electron chi connectivity index (χ2n) is 10.2. The number of ether oxygens (including phenoxy) is 2. The fourth-order valence-corrected chi connectivity index (χ4v) is 5.28. The maximum Gasteiger partial charge on any atom is 0.236 e. The summed E-state index contributed by atoms with van der Waals surface area (Å²) >= 11 is 0. The average Bonchev–Trinajstić information content (AvgIpc) is 3.32. The number of anilines is 2. The first kappa shape index (κ1) is 26.9. The molecule has 0 spiro atoms. The molecule has 214 valence electrons. The van der Waals surface area contributed by atoms with E-state index < -0.39 is 5.82 Å². The zero-order valence-electron chi connectivity index (χ0n) is 23.0. The number of halogens is 1. The van der Waals surface area contributed by atoms with E-state index in [0.29, 0.717) is 105 Å². The monoisotopic (exact) mass is 560 g/mol. The Morgan fingerprint density at radius 1 is 1.02 bits per heavy atom. The second-order valence-corrected chi connectivity index (χ2v) is 10.2. The highest BCUT2D eigenvalue weighted by Gasteiger charge is 2.27. The standard InChI is InChI=1S/C29H33FN8O3/c1-40-21-7-8-22(23(30)17-21)26-25-27(31)38(18-20-5-3-2-4-6-20)34-28(25)33-29(32-26)37-11-9-35(10-12-37)19-24(39)36-13-15-41-16-14-36/h2-8,17H,9-16,18-19,31H2,1H3. The van der Waals surface area contributed by atoms with Crippen molar-refractivity contribution in [3.63, 3.8) is 0 Å². The Morgan fingerprint density at radius 3 is 2.49 bits per heavy atom. The van der Waals surface area contributed by atoms with E-state index in [1.807, 2.05) is 40.1 Å². The van der Waals surface area contributed by atoms with Crippen molar-refractivity contribution in [2.75, 3.05) is 76.8 Å². The lowest BCUT2D eigenvalue weighted by Gasteiger charge is -2.36. The van der Waals surface area contributed by atoms with Gasteiger partial charge in [0.05, 0.1) is 44.5 Å². The minimum absolute atomic E-state index is 0.121. The molecule has 0 atom stereocenters. The number of aromatic nitrogens is 4. The summed E-state index contributed by atoms with van der Waals surface area (Å²) in [5.41, 5.74) is 8.70. The van der Waals surface area contributed by atoms with Crippen LogP contribution in [0.25, 0.3) is 22.3 Å². The van der Waals surface area contributed by atoms with Crippen LogP contribution in [0.4, 0.5) is 16.2 Å². The summed E-state index contributed by atoms with van der Waals surface area (Å²) in [5.74, 6) is 0.874. The molecule has 4 aromatic rings. The first-order chi connectivity index (χ1) is 20.0. The van der Waals surface area contributed by atoms with Crippen molar-refractivity contribution in [3.8, 4) is 17.0 Å². The zero-order valence-corrected chi connectivity index (χ0v) is 23.0. The van der Waals surface area contributed by atoms with Crippen LogP contribution < -0.4 is 15.4 Å². The van der Waals surface area contributed by atoms with E-state index in [1.165, 1.54) is 13.2 Å². The normalized spacial score (nSPS) is 16.3. The van der Waals surface area contributed by atoms with E-state index in [1.54, 1.807) is 16.8 Å². The number of fused-ring (bicyclic) bond motifs is 1. The lowest BCUT2D eigenvalue weighted by molar-refractivity contribution is -0.136. The average molecular weight is 561 g/mol. The van der Waals surface area contributed by atoms with E-state index in [2.05, 4.69) is 4.90 Å². The summed E-state index contributed by atoms with van der Waals surface area (Å²) in [6.07, 6.45) is 0. The molecule has 1 amide bonds. The molecule has 2 aromatic carbocycles. The van der Waals surface area contributed by atoms with E-state index in [0.717, 1.165) is 5.56 Å². The third-order valence-corrected chi connectivity index (χ3v) is 7.61. The topological polar surface area (TPSA) is 115 Å². The van der Waals surface area contributed by atoms with Gasteiger partial charge in [-0.1, -0.05) is 30.3 Å². The van der Waals surface area contributed by atoms with Crippen LogP contribution in [0.5, 0.6) is 5.75 Å². The molecule has 41 heavy (non-hydrogen) atoms. The van der Waals surface area contributed by atoms with Crippen molar-refractivity contribution in [1.82, 2.24) is 29.5 Å². The van der Waals surface area contributed by atoms with E-state index in [4.69, 9.17) is 30.3 Å². The van der Waals surface area contributed by atoms with Crippen LogP contribution in [0.3, 0.4) is 0 Å². The molecule has 2 N–H and O–H groups in total. The van der Waals surface area contributed by atoms with Gasteiger partial charge in [-0.2, -0.15) is 4.98 Å². The van der Waals surface area contributed by atoms with Gasteiger partial charge >= 0.3 is 0 Å². The largest absolute Gasteiger partial charge is 0.497 e. The number of piperazine rings is 1. The minimum atomic E-state index is -0.475. The quantitative estimate of drug-likeness (QED) is 0.363. The molecule has 2 aromatic heterocycles. The molecule has 12 heteroatoms. The van der Waals surface area contributed by atoms with Gasteiger partial charge in [-0.15, -0.1) is 5.10 Å². The number of carbonyl (C=O) groups excluding carboxylic acids is 1. The number of carbonyl (C=O) groups is 1. The van der Waals surface area contributed by atoms with Gasteiger partial charge in [-0.05, 0) is 17.7 Å². The fourth-order valence-electron chi connectivity index (χ4n) is 5.28. The Labute approximate surface area is 237 Å². The Morgan fingerprint density at radius 2 is 1.78 bits per heavy atom. The minimum Gasteiger partial charge on any atom is -0.497 e. The lowest BCUT2D eigenvalue weighted by Crippen LogP contribution is -2.51. The maximum atomic E-state index is 15.4. The van der Waals surface area contributed by atoms with Gasteiger partial charge in [0.25, 0.3) is 0 Å². The Hall–Kier alpha value is -4.29. The van der Waals surface area contributed by atoms with Gasteiger partial charge in [-0.3, -0.25) is 9.69 Å². The summed E-state index contributed by atoms with van der Waals surface area (Å²) in [6, 6.07) is 14.5. The number of amides is 1. The third kappa shape index (κ3) is 5.66. The second kappa shape index (κ2) is 11.7. The highest BCUT2D eigenvalue weighted by Crippen LogP contribution is 2.35. The van der Waals surface area contributed by atoms with Crippen LogP contribution in [0, 0.1) is 5.82 Å². The number of benzene rings is 2. The Kier molecular flexibility index (Phi) is 7.66. The number of nitrogens with two attached hydrogens (primary N) is 1. The van der Waals surface area contributed by atoms with Crippen molar-refractivity contribution >= 4 is 28.7 Å². The van der Waals surface area contributed by atoms with Crippen LogP contribution in [0.2, 0.25) is 0 Å². The molecule has 0 saturated carbocycles.